The minimum atomic E-state index is -0.674. The maximum atomic E-state index is 2.40. The quantitative estimate of drug-likeness (QED) is 0.503. The molecule has 0 amide bonds. The maximum absolute atomic E-state index is 2.40. The molecule has 148 valence electrons. The molecule has 0 radical (unpaired) electrons. The van der Waals surface area contributed by atoms with E-state index in [1.54, 1.807) is 5.20 Å². The van der Waals surface area contributed by atoms with E-state index in [4.69, 9.17) is 0 Å². The number of nitrogens with zero attached hydrogens (tertiary/aromatic N) is 1. The van der Waals surface area contributed by atoms with Gasteiger partial charge in [0.1, 0.15) is 0 Å². The number of para-hydroxylation sites is 1. The van der Waals surface area contributed by atoms with E-state index in [9.17, 15) is 0 Å². The summed E-state index contributed by atoms with van der Waals surface area (Å²) in [5.41, 5.74) is 8.27. The van der Waals surface area contributed by atoms with Crippen molar-refractivity contribution in [1.29, 1.82) is 0 Å². The summed E-state index contributed by atoms with van der Waals surface area (Å²) >= 11 is 1.89. The van der Waals surface area contributed by atoms with Gasteiger partial charge in [-0.25, -0.2) is 0 Å². The molecule has 0 bridgehead atoms. The molecular weight excluding hydrogens is 386 g/mol. The van der Waals surface area contributed by atoms with Crippen LogP contribution in [-0.4, -0.2) is 21.1 Å². The van der Waals surface area contributed by atoms with Crippen LogP contribution in [0.3, 0.4) is 0 Å². The molecule has 1 heterocycles. The van der Waals surface area contributed by atoms with Crippen LogP contribution in [0.4, 0.5) is 5.69 Å². The molecule has 1 aliphatic heterocycles. The monoisotopic (exact) mass is 415 g/mol. The van der Waals surface area contributed by atoms with Gasteiger partial charge in [0.15, 0.2) is 0 Å². The average Bonchev–Trinajstić information content (AvgIpc) is 3.41. The molecular formula is C26H29NSSi. The van der Waals surface area contributed by atoms with Crippen molar-refractivity contribution in [3.63, 3.8) is 0 Å². The van der Waals surface area contributed by atoms with Crippen LogP contribution in [0.5, 0.6) is 0 Å². The molecule has 1 unspecified atom stereocenters. The van der Waals surface area contributed by atoms with Crippen LogP contribution in [0.2, 0.25) is 13.1 Å². The first-order valence-electron chi connectivity index (χ1n) is 10.3. The highest BCUT2D eigenvalue weighted by Gasteiger charge is 2.28. The molecule has 29 heavy (non-hydrogen) atoms. The zero-order valence-electron chi connectivity index (χ0n) is 17.9. The first kappa shape index (κ1) is 20.1. The Morgan fingerprint density at radius 2 is 1.76 bits per heavy atom. The van der Waals surface area contributed by atoms with Crippen molar-refractivity contribution >= 4 is 26.2 Å². The van der Waals surface area contributed by atoms with Gasteiger partial charge in [-0.05, 0) is 71.9 Å². The van der Waals surface area contributed by atoms with E-state index in [1.807, 2.05) is 11.8 Å². The molecule has 1 nitrogen and oxygen atoms in total. The first-order chi connectivity index (χ1) is 14.0. The van der Waals surface area contributed by atoms with Crippen LogP contribution in [0, 0.1) is 0 Å². The van der Waals surface area contributed by atoms with Gasteiger partial charge < -0.3 is 4.90 Å². The summed E-state index contributed by atoms with van der Waals surface area (Å²) in [4.78, 5) is 3.90. The largest absolute Gasteiger partial charge is 0.334 e. The van der Waals surface area contributed by atoms with Gasteiger partial charge in [-0.3, -0.25) is 0 Å². The predicted octanol–water partition coefficient (Wildman–Crippen LogP) is 6.73. The minimum Gasteiger partial charge on any atom is -0.334 e. The molecule has 0 N–H and O–H groups in total. The summed E-state index contributed by atoms with van der Waals surface area (Å²) in [6, 6.07) is 11.0. The fraction of sp³-hybridized carbons (Fsp3) is 0.231. The first-order valence-corrected chi connectivity index (χ1v) is 14.5. The lowest BCUT2D eigenvalue weighted by atomic mass is 10.2. The van der Waals surface area contributed by atoms with E-state index in [1.165, 1.54) is 38.6 Å². The van der Waals surface area contributed by atoms with Crippen LogP contribution in [0.1, 0.15) is 13.8 Å². The minimum absolute atomic E-state index is 0.452. The molecule has 0 saturated heterocycles. The third-order valence-corrected chi connectivity index (χ3v) is 8.42. The Kier molecular flexibility index (Phi) is 5.71. The predicted molar refractivity (Wildman–Crippen MR) is 133 cm³/mol. The van der Waals surface area contributed by atoms with Crippen molar-refractivity contribution in [2.24, 2.45) is 0 Å². The fourth-order valence-electron chi connectivity index (χ4n) is 4.44. The normalized spacial score (nSPS) is 21.4. The number of hydrogen-bond acceptors (Lipinski definition) is 2. The number of anilines is 1. The summed E-state index contributed by atoms with van der Waals surface area (Å²) in [6.07, 6.45) is 18.0. The molecule has 3 heteroatoms. The van der Waals surface area contributed by atoms with Crippen LogP contribution in [0.15, 0.2) is 111 Å². The summed E-state index contributed by atoms with van der Waals surface area (Å²) in [5.74, 6) is 0. The number of thioether (sulfide) groups is 1. The molecule has 1 aromatic carbocycles. The topological polar surface area (TPSA) is 3.24 Å². The summed E-state index contributed by atoms with van der Waals surface area (Å²) in [7, 11) is -0.674. The summed E-state index contributed by atoms with van der Waals surface area (Å²) < 4.78 is 0. The molecule has 0 aromatic heterocycles. The van der Waals surface area contributed by atoms with Gasteiger partial charge in [0.25, 0.3) is 0 Å². The highest BCUT2D eigenvalue weighted by molar-refractivity contribution is 8.02. The van der Waals surface area contributed by atoms with E-state index in [0.717, 1.165) is 0 Å². The van der Waals surface area contributed by atoms with E-state index >= 15 is 0 Å². The van der Waals surface area contributed by atoms with Gasteiger partial charge in [-0.2, -0.15) is 0 Å². The van der Waals surface area contributed by atoms with Gasteiger partial charge in [-0.15, -0.1) is 11.8 Å². The van der Waals surface area contributed by atoms with Gasteiger partial charge >= 0.3 is 0 Å². The number of benzene rings is 1. The molecule has 0 saturated carbocycles. The van der Waals surface area contributed by atoms with Crippen LogP contribution in [-0.2, 0) is 0 Å². The van der Waals surface area contributed by atoms with Crippen molar-refractivity contribution < 1.29 is 0 Å². The van der Waals surface area contributed by atoms with Crippen molar-refractivity contribution in [3.05, 3.63) is 111 Å². The number of rotatable bonds is 3. The van der Waals surface area contributed by atoms with E-state index < -0.39 is 8.80 Å². The highest BCUT2D eigenvalue weighted by atomic mass is 32.2. The fourth-order valence-corrected chi connectivity index (χ4v) is 7.61. The molecule has 0 fully saturated rings. The Bertz CT molecular complexity index is 1030. The highest BCUT2D eigenvalue weighted by Crippen LogP contribution is 2.40. The van der Waals surface area contributed by atoms with Crippen LogP contribution >= 0.6 is 11.8 Å². The van der Waals surface area contributed by atoms with Gasteiger partial charge in [-0.1, -0.05) is 61.7 Å². The second kappa shape index (κ2) is 8.25. The molecule has 0 spiro atoms. The van der Waals surface area contributed by atoms with Crippen molar-refractivity contribution in [1.82, 2.24) is 0 Å². The molecule has 1 atom stereocenters. The van der Waals surface area contributed by atoms with Gasteiger partial charge in [0, 0.05) is 16.3 Å². The number of allylic oxidation sites excluding steroid dienone is 10. The number of fused-ring (bicyclic) bond motifs is 2. The third-order valence-electron chi connectivity index (χ3n) is 5.65. The molecule has 5 rings (SSSR count). The summed E-state index contributed by atoms with van der Waals surface area (Å²) in [6.45, 7) is 9.20. The second-order valence-corrected chi connectivity index (χ2v) is 11.9. The molecule has 1 aromatic rings. The Morgan fingerprint density at radius 1 is 1.00 bits per heavy atom. The zero-order chi connectivity index (χ0) is 20.5. The Labute approximate surface area is 181 Å². The lowest BCUT2D eigenvalue weighted by molar-refractivity contribution is 0.868. The maximum Gasteiger partial charge on any atom is 0.0670 e. The Morgan fingerprint density at radius 3 is 2.45 bits per heavy atom. The smallest absolute Gasteiger partial charge is 0.0670 e. The van der Waals surface area contributed by atoms with Gasteiger partial charge in [0.2, 0.25) is 0 Å². The SMILES string of the molecule is CC1=CC2=CC(C)N(c3ccccc3)C2=C1.CSC1=C([SiH](C)C)C2=CC=CC2=C1. The number of hydrogen-bond donors (Lipinski definition) is 0. The van der Waals surface area contributed by atoms with E-state index in [-0.39, 0.29) is 0 Å². The molecule has 4 aliphatic rings. The third kappa shape index (κ3) is 3.82. The van der Waals surface area contributed by atoms with Crippen molar-refractivity contribution in [2.45, 2.75) is 33.0 Å². The molecule has 3 aliphatic carbocycles. The lowest BCUT2D eigenvalue weighted by Gasteiger charge is -2.25. The Hall–Kier alpha value is -2.23. The van der Waals surface area contributed by atoms with Crippen molar-refractivity contribution in [3.8, 4) is 0 Å². The van der Waals surface area contributed by atoms with Crippen molar-refractivity contribution in [2.75, 3.05) is 11.2 Å². The summed E-state index contributed by atoms with van der Waals surface area (Å²) in [5, 5.41) is 1.66. The standard InChI is InChI=1S/C15H15N.C11H14SSi/c1-11-8-13-10-12(2)16(15(13)9-11)14-6-4-3-5-7-14;1-12-10-7-8-5-4-6-9(8)11(10)13(2)3/h3-10,12H,1-2H3;4-7,13H,1-3H3. The van der Waals surface area contributed by atoms with Crippen LogP contribution in [0.25, 0.3) is 0 Å². The lowest BCUT2D eigenvalue weighted by Crippen LogP contribution is -2.25. The van der Waals surface area contributed by atoms with E-state index in [0.29, 0.717) is 6.04 Å². The van der Waals surface area contributed by atoms with Gasteiger partial charge in [0.05, 0.1) is 14.8 Å². The van der Waals surface area contributed by atoms with Crippen LogP contribution < -0.4 is 4.90 Å². The second-order valence-electron chi connectivity index (χ2n) is 8.16. The zero-order valence-corrected chi connectivity index (χ0v) is 19.9. The van der Waals surface area contributed by atoms with E-state index in [2.05, 4.69) is 111 Å². The average molecular weight is 416 g/mol. The Balaban J connectivity index is 0.000000145.